The summed E-state index contributed by atoms with van der Waals surface area (Å²) in [6.45, 7) is 1.60. The topological polar surface area (TPSA) is 69.6 Å². The smallest absolute Gasteiger partial charge is 0.407 e. The summed E-state index contributed by atoms with van der Waals surface area (Å²) in [5.41, 5.74) is 0. The lowest BCUT2D eigenvalue weighted by atomic mass is 9.98. The molecule has 1 saturated heterocycles. The number of hydrogen-bond acceptors (Lipinski definition) is 2. The van der Waals surface area contributed by atoms with E-state index in [4.69, 9.17) is 16.7 Å². The van der Waals surface area contributed by atoms with Gasteiger partial charge in [0.25, 0.3) is 0 Å². The first-order chi connectivity index (χ1) is 7.13. The summed E-state index contributed by atoms with van der Waals surface area (Å²) in [6, 6.07) is 0. The van der Waals surface area contributed by atoms with Crippen molar-refractivity contribution < 1.29 is 14.7 Å². The average molecular weight is 235 g/mol. The second-order valence-electron chi connectivity index (χ2n) is 3.67. The zero-order valence-corrected chi connectivity index (χ0v) is 9.16. The molecule has 1 rings (SSSR count). The van der Waals surface area contributed by atoms with Gasteiger partial charge >= 0.3 is 6.09 Å². The van der Waals surface area contributed by atoms with Gasteiger partial charge in [0, 0.05) is 19.6 Å². The fraction of sp³-hybridized carbons (Fsp3) is 0.778. The Bertz CT molecular complexity index is 248. The van der Waals surface area contributed by atoms with Crippen LogP contribution in [-0.2, 0) is 4.79 Å². The van der Waals surface area contributed by atoms with Crippen molar-refractivity contribution in [2.45, 2.75) is 12.8 Å². The highest BCUT2D eigenvalue weighted by Crippen LogP contribution is 2.15. The van der Waals surface area contributed by atoms with Gasteiger partial charge in [0.2, 0.25) is 5.91 Å². The van der Waals surface area contributed by atoms with Crippen LogP contribution >= 0.6 is 11.6 Å². The van der Waals surface area contributed by atoms with E-state index in [1.807, 2.05) is 0 Å². The third-order valence-corrected chi connectivity index (χ3v) is 2.74. The van der Waals surface area contributed by atoms with Crippen molar-refractivity contribution >= 4 is 23.6 Å². The molecule has 1 heterocycles. The van der Waals surface area contributed by atoms with Gasteiger partial charge in [-0.1, -0.05) is 0 Å². The number of piperidine rings is 1. The van der Waals surface area contributed by atoms with Gasteiger partial charge < -0.3 is 15.3 Å². The summed E-state index contributed by atoms with van der Waals surface area (Å²) < 4.78 is 0. The molecule has 1 aliphatic heterocycles. The van der Waals surface area contributed by atoms with Crippen LogP contribution in [0, 0.1) is 5.92 Å². The molecule has 0 saturated carbocycles. The van der Waals surface area contributed by atoms with E-state index in [9.17, 15) is 9.59 Å². The first-order valence-electron chi connectivity index (χ1n) is 4.94. The molecule has 0 aliphatic carbocycles. The predicted molar refractivity (Wildman–Crippen MR) is 56.1 cm³/mol. The number of halogens is 1. The lowest BCUT2D eigenvalue weighted by Crippen LogP contribution is -2.43. The van der Waals surface area contributed by atoms with E-state index < -0.39 is 6.09 Å². The minimum Gasteiger partial charge on any atom is -0.465 e. The van der Waals surface area contributed by atoms with Crippen LogP contribution in [0.15, 0.2) is 0 Å². The maximum absolute atomic E-state index is 10.9. The molecule has 5 nitrogen and oxygen atoms in total. The van der Waals surface area contributed by atoms with Crippen LogP contribution in [0.1, 0.15) is 12.8 Å². The van der Waals surface area contributed by atoms with E-state index in [-0.39, 0.29) is 17.7 Å². The lowest BCUT2D eigenvalue weighted by Gasteiger charge is -2.30. The predicted octanol–water partition coefficient (Wildman–Crippen LogP) is 0.731. The molecule has 6 heteroatoms. The number of amides is 2. The van der Waals surface area contributed by atoms with Gasteiger partial charge in [-0.3, -0.25) is 4.79 Å². The highest BCUT2D eigenvalue weighted by atomic mass is 35.5. The number of likely N-dealkylation sites (tertiary alicyclic amines) is 1. The number of carbonyl (C=O) groups is 2. The highest BCUT2D eigenvalue weighted by molar-refractivity contribution is 6.27. The fourth-order valence-electron chi connectivity index (χ4n) is 1.71. The van der Waals surface area contributed by atoms with Gasteiger partial charge in [-0.15, -0.1) is 11.6 Å². The number of alkyl halides is 1. The molecule has 1 fully saturated rings. The van der Waals surface area contributed by atoms with Crippen molar-refractivity contribution in [3.63, 3.8) is 0 Å². The van der Waals surface area contributed by atoms with E-state index in [1.165, 1.54) is 4.90 Å². The SMILES string of the molecule is O=C(CCl)NCC1CCCN(C(=O)O)C1. The van der Waals surface area contributed by atoms with Crippen LogP contribution in [0.2, 0.25) is 0 Å². The molecule has 0 aromatic rings. The van der Waals surface area contributed by atoms with E-state index in [0.717, 1.165) is 12.8 Å². The largest absolute Gasteiger partial charge is 0.465 e. The Morgan fingerprint density at radius 2 is 2.27 bits per heavy atom. The molecule has 0 aromatic heterocycles. The zero-order valence-electron chi connectivity index (χ0n) is 8.41. The van der Waals surface area contributed by atoms with E-state index >= 15 is 0 Å². The molecule has 1 unspecified atom stereocenters. The molecular weight excluding hydrogens is 220 g/mol. The molecular formula is C9H15ClN2O3. The summed E-state index contributed by atoms with van der Waals surface area (Å²) in [6.07, 6.45) is 0.920. The van der Waals surface area contributed by atoms with Crippen molar-refractivity contribution in [2.75, 3.05) is 25.5 Å². The van der Waals surface area contributed by atoms with Gasteiger partial charge in [0.15, 0.2) is 0 Å². The fourth-order valence-corrected chi connectivity index (χ4v) is 1.81. The molecule has 0 bridgehead atoms. The Kier molecular flexibility index (Phi) is 4.68. The molecule has 0 spiro atoms. The molecule has 15 heavy (non-hydrogen) atoms. The van der Waals surface area contributed by atoms with E-state index in [2.05, 4.69) is 5.32 Å². The normalized spacial score (nSPS) is 21.1. The van der Waals surface area contributed by atoms with Crippen LogP contribution in [0.4, 0.5) is 4.79 Å². The summed E-state index contributed by atoms with van der Waals surface area (Å²) in [7, 11) is 0. The first kappa shape index (κ1) is 12.1. The standard InChI is InChI=1S/C9H15ClN2O3/c10-4-8(13)11-5-7-2-1-3-12(6-7)9(14)15/h7H,1-6H2,(H,11,13)(H,14,15). The van der Waals surface area contributed by atoms with Gasteiger partial charge in [-0.05, 0) is 18.8 Å². The van der Waals surface area contributed by atoms with Crippen molar-refractivity contribution in [2.24, 2.45) is 5.92 Å². The molecule has 2 amide bonds. The molecule has 2 N–H and O–H groups in total. The molecule has 0 aromatic carbocycles. The molecule has 1 atom stereocenters. The third-order valence-electron chi connectivity index (χ3n) is 2.50. The maximum Gasteiger partial charge on any atom is 0.407 e. The van der Waals surface area contributed by atoms with Crippen LogP contribution < -0.4 is 5.32 Å². The second kappa shape index (κ2) is 5.80. The lowest BCUT2D eigenvalue weighted by molar-refractivity contribution is -0.118. The second-order valence-corrected chi connectivity index (χ2v) is 3.94. The van der Waals surface area contributed by atoms with Crippen molar-refractivity contribution in [1.29, 1.82) is 0 Å². The van der Waals surface area contributed by atoms with Gasteiger partial charge in [0.05, 0.1) is 0 Å². The Morgan fingerprint density at radius 1 is 1.53 bits per heavy atom. The van der Waals surface area contributed by atoms with Crippen LogP contribution in [0.5, 0.6) is 0 Å². The average Bonchev–Trinajstić information content (AvgIpc) is 2.26. The van der Waals surface area contributed by atoms with Gasteiger partial charge in [-0.2, -0.15) is 0 Å². The van der Waals surface area contributed by atoms with Crippen LogP contribution in [-0.4, -0.2) is 47.5 Å². The maximum atomic E-state index is 10.9. The van der Waals surface area contributed by atoms with Crippen molar-refractivity contribution in [3.05, 3.63) is 0 Å². The highest BCUT2D eigenvalue weighted by Gasteiger charge is 2.23. The molecule has 1 aliphatic rings. The van der Waals surface area contributed by atoms with Gasteiger partial charge in [-0.25, -0.2) is 4.79 Å². The van der Waals surface area contributed by atoms with E-state index in [1.54, 1.807) is 0 Å². The number of rotatable bonds is 3. The zero-order chi connectivity index (χ0) is 11.3. The summed E-state index contributed by atoms with van der Waals surface area (Å²) in [4.78, 5) is 23.0. The quantitative estimate of drug-likeness (QED) is 0.708. The Balaban J connectivity index is 2.30. The summed E-state index contributed by atoms with van der Waals surface area (Å²) in [5.74, 6) is -0.0406. The Labute approximate surface area is 93.4 Å². The Hall–Kier alpha value is -0.970. The number of carbonyl (C=O) groups excluding carboxylic acids is 1. The third kappa shape index (κ3) is 3.95. The monoisotopic (exact) mass is 234 g/mol. The number of nitrogens with one attached hydrogen (secondary N) is 1. The minimum atomic E-state index is -0.886. The summed E-state index contributed by atoms with van der Waals surface area (Å²) >= 11 is 5.33. The number of hydrogen-bond donors (Lipinski definition) is 2. The number of carboxylic acid groups (broad SMARTS) is 1. The Morgan fingerprint density at radius 3 is 2.87 bits per heavy atom. The summed E-state index contributed by atoms with van der Waals surface area (Å²) in [5, 5.41) is 11.5. The molecule has 0 radical (unpaired) electrons. The minimum absolute atomic E-state index is 0.0463. The van der Waals surface area contributed by atoms with Crippen molar-refractivity contribution in [1.82, 2.24) is 10.2 Å². The van der Waals surface area contributed by atoms with Gasteiger partial charge in [0.1, 0.15) is 5.88 Å². The van der Waals surface area contributed by atoms with E-state index in [0.29, 0.717) is 19.6 Å². The van der Waals surface area contributed by atoms with Crippen LogP contribution in [0.3, 0.4) is 0 Å². The van der Waals surface area contributed by atoms with Crippen molar-refractivity contribution in [3.8, 4) is 0 Å². The molecule has 86 valence electrons. The van der Waals surface area contributed by atoms with Crippen LogP contribution in [0.25, 0.3) is 0 Å². The number of nitrogens with zero attached hydrogens (tertiary/aromatic N) is 1. The first-order valence-corrected chi connectivity index (χ1v) is 5.47.